The van der Waals surface area contributed by atoms with Gasteiger partial charge in [-0.05, 0) is 42.7 Å². The number of benzene rings is 2. The maximum atomic E-state index is 13.1. The van der Waals surface area contributed by atoms with Crippen LogP contribution in [0.3, 0.4) is 0 Å². The van der Waals surface area contributed by atoms with Gasteiger partial charge in [-0.15, -0.1) is 0 Å². The molecule has 3 aromatic rings. The Balaban J connectivity index is 1.42. The minimum Gasteiger partial charge on any atom is -0.486 e. The summed E-state index contributed by atoms with van der Waals surface area (Å²) >= 11 is 0. The van der Waals surface area contributed by atoms with Crippen LogP contribution >= 0.6 is 0 Å². The molecule has 0 bridgehead atoms. The summed E-state index contributed by atoms with van der Waals surface area (Å²) in [5.41, 5.74) is 0.209. The summed E-state index contributed by atoms with van der Waals surface area (Å²) in [5, 5.41) is 3.16. The van der Waals surface area contributed by atoms with Crippen molar-refractivity contribution < 1.29 is 14.3 Å². The minimum absolute atomic E-state index is 0.101. The summed E-state index contributed by atoms with van der Waals surface area (Å²) in [4.78, 5) is 39.9. The summed E-state index contributed by atoms with van der Waals surface area (Å²) in [7, 11) is 0. The summed E-state index contributed by atoms with van der Waals surface area (Å²) in [6.07, 6.45) is 1.70. The van der Waals surface area contributed by atoms with E-state index in [1.54, 1.807) is 29.2 Å². The maximum Gasteiger partial charge on any atom is 0.273 e. The second-order valence-corrected chi connectivity index (χ2v) is 7.53. The lowest BCUT2D eigenvalue weighted by Gasteiger charge is -2.27. The number of aromatic nitrogens is 2. The standard InChI is InChI=1S/C22H21N3O5/c26-20(13-25-22(28)16-5-2-1-4-15(16)21(27)23-25)24-9-3-6-17(24)14-7-8-18-19(12-14)30-11-10-29-18/h1-2,4-5,7-8,12,17H,3,6,9-11,13H2,(H,23,27)/t17-/m0/s1. The van der Waals surface area contributed by atoms with E-state index in [0.717, 1.165) is 23.1 Å². The molecule has 0 spiro atoms. The van der Waals surface area contributed by atoms with E-state index in [1.807, 2.05) is 18.2 Å². The molecular formula is C22H21N3O5. The number of carbonyl (C=O) groups is 1. The first kappa shape index (κ1) is 18.5. The number of hydrogen-bond donors (Lipinski definition) is 1. The number of carbonyl (C=O) groups excluding carboxylic acids is 1. The van der Waals surface area contributed by atoms with Gasteiger partial charge in [0.25, 0.3) is 11.1 Å². The van der Waals surface area contributed by atoms with E-state index in [1.165, 1.54) is 0 Å². The Hall–Kier alpha value is -3.55. The van der Waals surface area contributed by atoms with Crippen LogP contribution in [0.5, 0.6) is 11.5 Å². The molecule has 0 unspecified atom stereocenters. The second-order valence-electron chi connectivity index (χ2n) is 7.53. The molecule has 8 heteroatoms. The third-order valence-electron chi connectivity index (χ3n) is 5.70. The molecule has 3 heterocycles. The first-order valence-electron chi connectivity index (χ1n) is 10.0. The van der Waals surface area contributed by atoms with Gasteiger partial charge in [0, 0.05) is 6.54 Å². The largest absolute Gasteiger partial charge is 0.486 e. The number of nitrogens with one attached hydrogen (secondary N) is 1. The van der Waals surface area contributed by atoms with E-state index in [4.69, 9.17) is 9.47 Å². The number of fused-ring (bicyclic) bond motifs is 2. The first-order chi connectivity index (χ1) is 14.6. The Morgan fingerprint density at radius 1 is 1.03 bits per heavy atom. The van der Waals surface area contributed by atoms with Crippen molar-refractivity contribution in [1.82, 2.24) is 14.7 Å². The Morgan fingerprint density at radius 2 is 1.80 bits per heavy atom. The van der Waals surface area contributed by atoms with Crippen molar-refractivity contribution in [2.45, 2.75) is 25.4 Å². The predicted octanol–water partition coefficient (Wildman–Crippen LogP) is 1.82. The molecular weight excluding hydrogens is 386 g/mol. The number of amides is 1. The molecule has 0 saturated carbocycles. The van der Waals surface area contributed by atoms with Gasteiger partial charge in [-0.25, -0.2) is 4.68 Å². The number of aromatic amines is 1. The van der Waals surface area contributed by atoms with Crippen molar-refractivity contribution in [1.29, 1.82) is 0 Å². The van der Waals surface area contributed by atoms with E-state index in [2.05, 4.69) is 5.10 Å². The van der Waals surface area contributed by atoms with E-state index in [-0.39, 0.29) is 29.6 Å². The average Bonchev–Trinajstić information content (AvgIpc) is 3.27. The van der Waals surface area contributed by atoms with Crippen LogP contribution < -0.4 is 20.6 Å². The molecule has 2 aliphatic rings. The Labute approximate surface area is 171 Å². The number of nitrogens with zero attached hydrogens (tertiary/aromatic N) is 2. The topological polar surface area (TPSA) is 93.6 Å². The van der Waals surface area contributed by atoms with Crippen molar-refractivity contribution in [2.24, 2.45) is 0 Å². The van der Waals surface area contributed by atoms with Gasteiger partial charge >= 0.3 is 0 Å². The second kappa shape index (κ2) is 7.37. The minimum atomic E-state index is -0.386. The monoisotopic (exact) mass is 407 g/mol. The highest BCUT2D eigenvalue weighted by Crippen LogP contribution is 2.38. The number of H-pyrrole nitrogens is 1. The van der Waals surface area contributed by atoms with Crippen LogP contribution in [0.4, 0.5) is 0 Å². The van der Waals surface area contributed by atoms with Crippen LogP contribution in [0.25, 0.3) is 10.8 Å². The van der Waals surface area contributed by atoms with Crippen molar-refractivity contribution in [2.75, 3.05) is 19.8 Å². The molecule has 1 fully saturated rings. The zero-order valence-corrected chi connectivity index (χ0v) is 16.3. The van der Waals surface area contributed by atoms with Gasteiger partial charge in [-0.2, -0.15) is 0 Å². The maximum absolute atomic E-state index is 13.1. The number of hydrogen-bond acceptors (Lipinski definition) is 5. The molecule has 2 aliphatic heterocycles. The summed E-state index contributed by atoms with van der Waals surface area (Å²) in [6, 6.07) is 12.2. The lowest BCUT2D eigenvalue weighted by Crippen LogP contribution is -2.39. The van der Waals surface area contributed by atoms with E-state index in [0.29, 0.717) is 42.0 Å². The van der Waals surface area contributed by atoms with Gasteiger partial charge in [0.15, 0.2) is 11.5 Å². The normalized spacial score (nSPS) is 18.0. The van der Waals surface area contributed by atoms with Gasteiger partial charge < -0.3 is 14.4 Å². The van der Waals surface area contributed by atoms with Crippen LogP contribution in [0.15, 0.2) is 52.1 Å². The molecule has 1 amide bonds. The average molecular weight is 407 g/mol. The highest BCUT2D eigenvalue weighted by molar-refractivity contribution is 5.81. The van der Waals surface area contributed by atoms with Crippen molar-refractivity contribution in [3.8, 4) is 11.5 Å². The van der Waals surface area contributed by atoms with Crippen LogP contribution in [0, 0.1) is 0 Å². The number of ether oxygens (including phenoxy) is 2. The lowest BCUT2D eigenvalue weighted by molar-refractivity contribution is -0.133. The Morgan fingerprint density at radius 3 is 2.63 bits per heavy atom. The van der Waals surface area contributed by atoms with Crippen LogP contribution in [0.1, 0.15) is 24.4 Å². The van der Waals surface area contributed by atoms with Gasteiger partial charge in [-0.1, -0.05) is 18.2 Å². The molecule has 154 valence electrons. The van der Waals surface area contributed by atoms with Crippen molar-refractivity contribution in [3.05, 3.63) is 68.7 Å². The van der Waals surface area contributed by atoms with Crippen molar-refractivity contribution >= 4 is 16.7 Å². The number of rotatable bonds is 3. The molecule has 1 N–H and O–H groups in total. The van der Waals surface area contributed by atoms with E-state index < -0.39 is 0 Å². The summed E-state index contributed by atoms with van der Waals surface area (Å²) < 4.78 is 12.4. The third-order valence-corrected chi connectivity index (χ3v) is 5.70. The van der Waals surface area contributed by atoms with Gasteiger partial charge in [-0.3, -0.25) is 19.5 Å². The molecule has 1 atom stereocenters. The first-order valence-corrected chi connectivity index (χ1v) is 10.0. The SMILES string of the molecule is O=C(Cn1[nH]c(=O)c2ccccc2c1=O)N1CCC[C@H]1c1ccc2c(c1)OCCO2. The van der Waals surface area contributed by atoms with Crippen LogP contribution in [0.2, 0.25) is 0 Å². The molecule has 1 saturated heterocycles. The zero-order valence-electron chi connectivity index (χ0n) is 16.3. The van der Waals surface area contributed by atoms with Crippen LogP contribution in [-0.4, -0.2) is 40.3 Å². The number of likely N-dealkylation sites (tertiary alicyclic amines) is 1. The Bertz CT molecular complexity index is 1250. The molecule has 2 aromatic carbocycles. The zero-order chi connectivity index (χ0) is 20.7. The predicted molar refractivity (Wildman–Crippen MR) is 110 cm³/mol. The van der Waals surface area contributed by atoms with Gasteiger partial charge in [0.2, 0.25) is 5.91 Å². The molecule has 30 heavy (non-hydrogen) atoms. The fraction of sp³-hybridized carbons (Fsp3) is 0.318. The smallest absolute Gasteiger partial charge is 0.273 e. The Kier molecular flexibility index (Phi) is 4.54. The highest BCUT2D eigenvalue weighted by atomic mass is 16.6. The fourth-order valence-electron chi connectivity index (χ4n) is 4.26. The lowest BCUT2D eigenvalue weighted by atomic mass is 10.0. The van der Waals surface area contributed by atoms with Crippen molar-refractivity contribution in [3.63, 3.8) is 0 Å². The molecule has 8 nitrogen and oxygen atoms in total. The molecule has 0 radical (unpaired) electrons. The summed E-state index contributed by atoms with van der Waals surface area (Å²) in [5.74, 6) is 1.19. The van der Waals surface area contributed by atoms with Gasteiger partial charge in [0.05, 0.1) is 16.8 Å². The fourth-order valence-corrected chi connectivity index (χ4v) is 4.26. The van der Waals surface area contributed by atoms with E-state index in [9.17, 15) is 14.4 Å². The molecule has 5 rings (SSSR count). The quantitative estimate of drug-likeness (QED) is 0.715. The molecule has 1 aromatic heterocycles. The third kappa shape index (κ3) is 3.14. The van der Waals surface area contributed by atoms with Crippen LogP contribution in [-0.2, 0) is 11.3 Å². The van der Waals surface area contributed by atoms with E-state index >= 15 is 0 Å². The van der Waals surface area contributed by atoms with Gasteiger partial charge in [0.1, 0.15) is 19.8 Å². The summed E-state index contributed by atoms with van der Waals surface area (Å²) in [6.45, 7) is 1.42. The molecule has 0 aliphatic carbocycles. The highest BCUT2D eigenvalue weighted by Gasteiger charge is 2.31.